The van der Waals surface area contributed by atoms with Gasteiger partial charge in [0.05, 0.1) is 0 Å². The molecule has 0 atom stereocenters. The number of hydrogen-bond donors (Lipinski definition) is 3. The maximum atomic E-state index is 12.3. The lowest BCUT2D eigenvalue weighted by Crippen LogP contribution is -2.04. The van der Waals surface area contributed by atoms with Crippen LogP contribution in [0.5, 0.6) is 17.2 Å². The van der Waals surface area contributed by atoms with Crippen molar-refractivity contribution in [3.8, 4) is 17.2 Å². The number of aryl methyl sites for hydroxylation is 1. The van der Waals surface area contributed by atoms with Crippen molar-refractivity contribution < 1.29 is 24.9 Å². The molecule has 7 heteroatoms. The molecule has 1 aromatic carbocycles. The van der Waals surface area contributed by atoms with Crippen LogP contribution < -0.4 is 0 Å². The van der Waals surface area contributed by atoms with E-state index in [4.69, 9.17) is 0 Å². The summed E-state index contributed by atoms with van der Waals surface area (Å²) in [6.45, 7) is 2.04. The van der Waals surface area contributed by atoms with Gasteiger partial charge in [0.15, 0.2) is 11.6 Å². The molecule has 3 N–H and O–H groups in total. The summed E-state index contributed by atoms with van der Waals surface area (Å²) in [5.74, 6) is -2.74. The molecule has 0 spiro atoms. The van der Waals surface area contributed by atoms with Gasteiger partial charge in [0, 0.05) is 31.4 Å². The second kappa shape index (κ2) is 9.03. The lowest BCUT2D eigenvalue weighted by atomic mass is 9.97. The normalized spacial score (nSPS) is 10.8. The third kappa shape index (κ3) is 4.84. The minimum atomic E-state index is -0.653. The fourth-order valence-electron chi connectivity index (χ4n) is 2.91. The molecular formula is C19H24N2O5. The molecule has 26 heavy (non-hydrogen) atoms. The molecular weight excluding hydrogens is 336 g/mol. The minimum absolute atomic E-state index is 0.155. The van der Waals surface area contributed by atoms with Crippen molar-refractivity contribution in [1.29, 1.82) is 0 Å². The van der Waals surface area contributed by atoms with Gasteiger partial charge in [-0.3, -0.25) is 14.3 Å². The second-order valence-electron chi connectivity index (χ2n) is 6.28. The maximum absolute atomic E-state index is 12.3. The number of phenolic OH excluding ortho intramolecular Hbond substituents is 3. The predicted molar refractivity (Wildman–Crippen MR) is 95.7 cm³/mol. The molecule has 2 aromatic rings. The van der Waals surface area contributed by atoms with Crippen LogP contribution >= 0.6 is 0 Å². The smallest absolute Gasteiger partial charge is 0.170 e. The van der Waals surface area contributed by atoms with Gasteiger partial charge in [0.1, 0.15) is 28.4 Å². The van der Waals surface area contributed by atoms with E-state index in [1.165, 1.54) is 6.92 Å². The Kier molecular flexibility index (Phi) is 6.77. The number of nitrogens with zero attached hydrogens (tertiary/aromatic N) is 2. The molecule has 0 bridgehead atoms. The Balaban J connectivity index is 1.81. The van der Waals surface area contributed by atoms with E-state index in [0.717, 1.165) is 38.3 Å². The largest absolute Gasteiger partial charge is 0.507 e. The third-order valence-electron chi connectivity index (χ3n) is 4.24. The van der Waals surface area contributed by atoms with Crippen LogP contribution in [0.4, 0.5) is 0 Å². The zero-order valence-electron chi connectivity index (χ0n) is 14.8. The molecule has 1 heterocycles. The SMILES string of the molecule is CC(=O)c1c(O)cc(O)c(C(=O)CCCCCCCn2cccn2)c1O. The van der Waals surface area contributed by atoms with Crippen LogP contribution in [-0.2, 0) is 6.54 Å². The molecule has 0 saturated heterocycles. The van der Waals surface area contributed by atoms with E-state index in [-0.39, 0.29) is 17.5 Å². The lowest BCUT2D eigenvalue weighted by molar-refractivity contribution is 0.0973. The van der Waals surface area contributed by atoms with Crippen molar-refractivity contribution in [3.05, 3.63) is 35.7 Å². The number of Topliss-reactive ketones (excluding diaryl/α,β-unsaturated/α-hetero) is 2. The summed E-state index contributed by atoms with van der Waals surface area (Å²) < 4.78 is 1.88. The number of carbonyl (C=O) groups excluding carboxylic acids is 2. The van der Waals surface area contributed by atoms with Gasteiger partial charge in [-0.25, -0.2) is 0 Å². The number of ketones is 2. The summed E-state index contributed by atoms with van der Waals surface area (Å²) in [7, 11) is 0. The summed E-state index contributed by atoms with van der Waals surface area (Å²) >= 11 is 0. The van der Waals surface area contributed by atoms with E-state index >= 15 is 0 Å². The molecule has 0 aliphatic rings. The number of hydrogen-bond acceptors (Lipinski definition) is 6. The molecule has 0 saturated carbocycles. The third-order valence-corrected chi connectivity index (χ3v) is 4.24. The number of aromatic nitrogens is 2. The van der Waals surface area contributed by atoms with Crippen LogP contribution in [0.25, 0.3) is 0 Å². The van der Waals surface area contributed by atoms with E-state index in [1.807, 2.05) is 16.9 Å². The summed E-state index contributed by atoms with van der Waals surface area (Å²) in [4.78, 5) is 23.8. The number of phenols is 3. The van der Waals surface area contributed by atoms with Gasteiger partial charge in [-0.15, -0.1) is 0 Å². The number of rotatable bonds is 10. The van der Waals surface area contributed by atoms with Gasteiger partial charge in [-0.05, 0) is 25.8 Å². The summed E-state index contributed by atoms with van der Waals surface area (Å²) in [5, 5.41) is 33.7. The maximum Gasteiger partial charge on any atom is 0.170 e. The van der Waals surface area contributed by atoms with Crippen molar-refractivity contribution in [2.45, 2.75) is 52.0 Å². The van der Waals surface area contributed by atoms with E-state index in [0.29, 0.717) is 6.42 Å². The van der Waals surface area contributed by atoms with Gasteiger partial charge in [0.25, 0.3) is 0 Å². The Labute approximate surface area is 151 Å². The lowest BCUT2D eigenvalue weighted by Gasteiger charge is -2.11. The number of aromatic hydroxyl groups is 3. The minimum Gasteiger partial charge on any atom is -0.507 e. The van der Waals surface area contributed by atoms with Crippen LogP contribution in [0, 0.1) is 0 Å². The van der Waals surface area contributed by atoms with Crippen molar-refractivity contribution in [1.82, 2.24) is 9.78 Å². The summed E-state index contributed by atoms with van der Waals surface area (Å²) in [5.41, 5.74) is -0.642. The highest BCUT2D eigenvalue weighted by atomic mass is 16.3. The van der Waals surface area contributed by atoms with Crippen LogP contribution in [0.1, 0.15) is 66.2 Å². The highest BCUT2D eigenvalue weighted by Gasteiger charge is 2.24. The van der Waals surface area contributed by atoms with Crippen LogP contribution in [0.15, 0.2) is 24.5 Å². The van der Waals surface area contributed by atoms with Crippen LogP contribution in [0.2, 0.25) is 0 Å². The quantitative estimate of drug-likeness (QED) is 0.442. The van der Waals surface area contributed by atoms with Crippen molar-refractivity contribution >= 4 is 11.6 Å². The van der Waals surface area contributed by atoms with Crippen molar-refractivity contribution in [3.63, 3.8) is 0 Å². The zero-order valence-corrected chi connectivity index (χ0v) is 14.8. The van der Waals surface area contributed by atoms with E-state index in [2.05, 4.69) is 5.10 Å². The first-order valence-electron chi connectivity index (χ1n) is 8.71. The zero-order chi connectivity index (χ0) is 19.1. The first kappa shape index (κ1) is 19.5. The van der Waals surface area contributed by atoms with Gasteiger partial charge < -0.3 is 15.3 Å². The van der Waals surface area contributed by atoms with Crippen LogP contribution in [0.3, 0.4) is 0 Å². The molecule has 0 fully saturated rings. The Morgan fingerprint density at radius 1 is 1.00 bits per heavy atom. The highest BCUT2D eigenvalue weighted by molar-refractivity contribution is 6.08. The second-order valence-corrected chi connectivity index (χ2v) is 6.28. The predicted octanol–water partition coefficient (Wildman–Crippen LogP) is 3.43. The molecule has 7 nitrogen and oxygen atoms in total. The molecule has 1 aromatic heterocycles. The van der Waals surface area contributed by atoms with Gasteiger partial charge in [0.2, 0.25) is 0 Å². The standard InChI is InChI=1S/C19H24N2O5/c1-13(22)17-15(24)12-16(25)18(19(17)26)14(23)8-5-3-2-4-6-10-21-11-7-9-20-21/h7,9,11-12,24-26H,2-6,8,10H2,1H3. The first-order valence-corrected chi connectivity index (χ1v) is 8.71. The molecule has 0 amide bonds. The van der Waals surface area contributed by atoms with Crippen molar-refractivity contribution in [2.75, 3.05) is 0 Å². The van der Waals surface area contributed by atoms with Crippen LogP contribution in [-0.4, -0.2) is 36.7 Å². The molecule has 0 unspecified atom stereocenters. The fourth-order valence-corrected chi connectivity index (χ4v) is 2.91. The molecule has 2 rings (SSSR count). The van der Waals surface area contributed by atoms with Gasteiger partial charge >= 0.3 is 0 Å². The van der Waals surface area contributed by atoms with E-state index in [9.17, 15) is 24.9 Å². The Morgan fingerprint density at radius 3 is 2.31 bits per heavy atom. The number of carbonyl (C=O) groups is 2. The van der Waals surface area contributed by atoms with E-state index < -0.39 is 28.8 Å². The average molecular weight is 360 g/mol. The fraction of sp³-hybridized carbons (Fsp3) is 0.421. The first-order chi connectivity index (χ1) is 12.4. The van der Waals surface area contributed by atoms with E-state index in [1.54, 1.807) is 6.20 Å². The Bertz CT molecular complexity index is 769. The topological polar surface area (TPSA) is 113 Å². The Morgan fingerprint density at radius 2 is 1.65 bits per heavy atom. The molecule has 140 valence electrons. The number of unbranched alkanes of at least 4 members (excludes halogenated alkanes) is 4. The molecule has 0 radical (unpaired) electrons. The highest BCUT2D eigenvalue weighted by Crippen LogP contribution is 2.38. The number of benzene rings is 1. The van der Waals surface area contributed by atoms with Crippen molar-refractivity contribution in [2.24, 2.45) is 0 Å². The van der Waals surface area contributed by atoms with Gasteiger partial charge in [-0.1, -0.05) is 19.3 Å². The Hall–Kier alpha value is -2.83. The summed E-state index contributed by atoms with van der Waals surface area (Å²) in [6.07, 6.45) is 8.31. The van der Waals surface area contributed by atoms with Gasteiger partial charge in [-0.2, -0.15) is 5.10 Å². The molecule has 0 aliphatic heterocycles. The monoisotopic (exact) mass is 360 g/mol. The summed E-state index contributed by atoms with van der Waals surface area (Å²) in [6, 6.07) is 2.80. The average Bonchev–Trinajstić information content (AvgIpc) is 3.06. The molecule has 0 aliphatic carbocycles.